The van der Waals surface area contributed by atoms with Crippen LogP contribution >= 0.6 is 23.2 Å². The summed E-state index contributed by atoms with van der Waals surface area (Å²) in [5.41, 5.74) is 8.06. The molecule has 96 valence electrons. The molecule has 0 aliphatic rings. The number of rotatable bonds is 1. The zero-order valence-corrected chi connectivity index (χ0v) is 11.4. The van der Waals surface area contributed by atoms with Crippen LogP contribution in [0.5, 0.6) is 0 Å². The van der Waals surface area contributed by atoms with Gasteiger partial charge >= 0.3 is 0 Å². The highest BCUT2D eigenvalue weighted by molar-refractivity contribution is 6.42. The number of nitrogen functional groups attached to an aromatic ring is 1. The highest BCUT2D eigenvalue weighted by atomic mass is 35.5. The summed E-state index contributed by atoms with van der Waals surface area (Å²) in [6, 6.07) is 7.24. The van der Waals surface area contributed by atoms with E-state index in [2.05, 4.69) is 15.1 Å². The predicted molar refractivity (Wildman–Crippen MR) is 75.4 cm³/mol. The molecule has 1 aromatic carbocycles. The van der Waals surface area contributed by atoms with Crippen molar-refractivity contribution in [2.75, 3.05) is 5.73 Å². The van der Waals surface area contributed by atoms with Crippen LogP contribution in [0.3, 0.4) is 0 Å². The molecule has 0 radical (unpaired) electrons. The van der Waals surface area contributed by atoms with Gasteiger partial charge in [0.1, 0.15) is 0 Å². The van der Waals surface area contributed by atoms with E-state index in [9.17, 15) is 0 Å². The van der Waals surface area contributed by atoms with Gasteiger partial charge in [0.2, 0.25) is 5.95 Å². The SMILES string of the molecule is Cc1cc(-c2ccc(Cl)c(Cl)c2)nc2nc(N)nn12. The number of halogens is 2. The van der Waals surface area contributed by atoms with Crippen molar-refractivity contribution in [3.63, 3.8) is 0 Å². The summed E-state index contributed by atoms with van der Waals surface area (Å²) in [5.74, 6) is 0.653. The van der Waals surface area contributed by atoms with Crippen LogP contribution in [0.25, 0.3) is 17.0 Å². The zero-order valence-electron chi connectivity index (χ0n) is 9.93. The lowest BCUT2D eigenvalue weighted by molar-refractivity contribution is 0.900. The van der Waals surface area contributed by atoms with Crippen LogP contribution in [0.4, 0.5) is 5.95 Å². The molecular weight excluding hydrogens is 285 g/mol. The maximum absolute atomic E-state index is 6.01. The summed E-state index contributed by atoms with van der Waals surface area (Å²) in [5, 5.41) is 5.05. The van der Waals surface area contributed by atoms with Gasteiger partial charge in [-0.05, 0) is 25.1 Å². The fourth-order valence-electron chi connectivity index (χ4n) is 1.83. The summed E-state index contributed by atoms with van der Waals surface area (Å²) in [4.78, 5) is 8.47. The summed E-state index contributed by atoms with van der Waals surface area (Å²) in [6.45, 7) is 1.91. The van der Waals surface area contributed by atoms with Crippen molar-refractivity contribution in [2.45, 2.75) is 6.92 Å². The normalized spacial score (nSPS) is 11.1. The first kappa shape index (κ1) is 12.2. The number of aromatic nitrogens is 4. The monoisotopic (exact) mass is 293 g/mol. The molecular formula is C12H9Cl2N5. The Labute approximate surface area is 119 Å². The molecule has 0 spiro atoms. The van der Waals surface area contributed by atoms with Gasteiger partial charge in [0.25, 0.3) is 5.78 Å². The molecule has 3 aromatic rings. The third kappa shape index (κ3) is 2.11. The van der Waals surface area contributed by atoms with Gasteiger partial charge in [-0.2, -0.15) is 9.50 Å². The molecule has 2 N–H and O–H groups in total. The lowest BCUT2D eigenvalue weighted by atomic mass is 10.1. The molecule has 0 unspecified atom stereocenters. The number of aryl methyl sites for hydroxylation is 1. The zero-order chi connectivity index (χ0) is 13.6. The third-order valence-corrected chi connectivity index (χ3v) is 3.46. The van der Waals surface area contributed by atoms with E-state index in [1.165, 1.54) is 0 Å². The number of hydrogen-bond acceptors (Lipinski definition) is 4. The van der Waals surface area contributed by atoms with Crippen molar-refractivity contribution in [3.05, 3.63) is 40.0 Å². The fraction of sp³-hybridized carbons (Fsp3) is 0.0833. The first-order valence-corrected chi connectivity index (χ1v) is 6.25. The second-order valence-corrected chi connectivity index (χ2v) is 4.91. The highest BCUT2D eigenvalue weighted by Gasteiger charge is 2.09. The first-order chi connectivity index (χ1) is 9.04. The number of anilines is 1. The van der Waals surface area contributed by atoms with Gasteiger partial charge in [0.15, 0.2) is 0 Å². The van der Waals surface area contributed by atoms with E-state index in [0.29, 0.717) is 15.8 Å². The topological polar surface area (TPSA) is 69.1 Å². The van der Waals surface area contributed by atoms with Crippen LogP contribution in [0, 0.1) is 6.92 Å². The average molecular weight is 294 g/mol. The molecule has 0 amide bonds. The van der Waals surface area contributed by atoms with Crippen LogP contribution < -0.4 is 5.73 Å². The lowest BCUT2D eigenvalue weighted by Gasteiger charge is -2.05. The summed E-state index contributed by atoms with van der Waals surface area (Å²) >= 11 is 11.9. The van der Waals surface area contributed by atoms with Gasteiger partial charge in [-0.25, -0.2) is 4.98 Å². The molecule has 19 heavy (non-hydrogen) atoms. The van der Waals surface area contributed by atoms with Crippen molar-refractivity contribution in [3.8, 4) is 11.3 Å². The minimum atomic E-state index is 0.196. The van der Waals surface area contributed by atoms with Gasteiger partial charge < -0.3 is 5.73 Å². The Kier molecular flexibility index (Phi) is 2.80. The third-order valence-electron chi connectivity index (χ3n) is 2.72. The predicted octanol–water partition coefficient (Wildman–Crippen LogP) is 2.99. The smallest absolute Gasteiger partial charge is 0.254 e. The van der Waals surface area contributed by atoms with Crippen molar-refractivity contribution >= 4 is 34.9 Å². The molecule has 2 aromatic heterocycles. The number of benzene rings is 1. The van der Waals surface area contributed by atoms with Gasteiger partial charge in [-0.3, -0.25) is 0 Å². The molecule has 0 aliphatic carbocycles. The van der Waals surface area contributed by atoms with Gasteiger partial charge in [0.05, 0.1) is 15.7 Å². The Morgan fingerprint density at radius 2 is 1.89 bits per heavy atom. The van der Waals surface area contributed by atoms with Gasteiger partial charge in [0, 0.05) is 11.3 Å². The Bertz CT molecular complexity index is 781. The Hall–Kier alpha value is -1.85. The van der Waals surface area contributed by atoms with E-state index in [0.717, 1.165) is 17.0 Å². The van der Waals surface area contributed by atoms with Crippen molar-refractivity contribution in [1.82, 2.24) is 19.6 Å². The van der Waals surface area contributed by atoms with Crippen LogP contribution in [-0.2, 0) is 0 Å². The quantitative estimate of drug-likeness (QED) is 0.749. The highest BCUT2D eigenvalue weighted by Crippen LogP contribution is 2.28. The van der Waals surface area contributed by atoms with Crippen LogP contribution in [0.15, 0.2) is 24.3 Å². The standard InChI is InChI=1S/C12H9Cl2N5/c1-6-4-10(7-2-3-8(13)9(14)5-7)16-12-17-11(15)18-19(6)12/h2-5H,1H3,(H2,15,18). The Morgan fingerprint density at radius 3 is 2.63 bits per heavy atom. The number of nitrogens with two attached hydrogens (primary N) is 1. The molecule has 0 aliphatic heterocycles. The van der Waals surface area contributed by atoms with Crippen molar-refractivity contribution in [1.29, 1.82) is 0 Å². The number of nitrogens with zero attached hydrogens (tertiary/aromatic N) is 4. The van der Waals surface area contributed by atoms with E-state index in [4.69, 9.17) is 28.9 Å². The average Bonchev–Trinajstić information content (AvgIpc) is 2.74. The summed E-state index contributed by atoms with van der Waals surface area (Å²) in [7, 11) is 0. The maximum Gasteiger partial charge on any atom is 0.254 e. The lowest BCUT2D eigenvalue weighted by Crippen LogP contribution is -1.98. The maximum atomic E-state index is 6.01. The molecule has 7 heteroatoms. The van der Waals surface area contributed by atoms with Crippen molar-refractivity contribution in [2.24, 2.45) is 0 Å². The fourth-order valence-corrected chi connectivity index (χ4v) is 2.13. The number of fused-ring (bicyclic) bond motifs is 1. The molecule has 0 saturated carbocycles. The second kappa shape index (κ2) is 4.36. The molecule has 0 bridgehead atoms. The van der Waals surface area contributed by atoms with Gasteiger partial charge in [-0.15, -0.1) is 5.10 Å². The molecule has 0 saturated heterocycles. The minimum Gasteiger partial charge on any atom is -0.366 e. The Balaban J connectivity index is 2.21. The second-order valence-electron chi connectivity index (χ2n) is 4.09. The summed E-state index contributed by atoms with van der Waals surface area (Å²) in [6.07, 6.45) is 0. The molecule has 3 rings (SSSR count). The van der Waals surface area contributed by atoms with Gasteiger partial charge in [-0.1, -0.05) is 29.3 Å². The van der Waals surface area contributed by atoms with E-state index in [-0.39, 0.29) is 5.95 Å². The number of hydrogen-bond donors (Lipinski definition) is 1. The molecule has 5 nitrogen and oxygen atoms in total. The minimum absolute atomic E-state index is 0.196. The van der Waals surface area contributed by atoms with Crippen LogP contribution in [0.1, 0.15) is 5.69 Å². The first-order valence-electron chi connectivity index (χ1n) is 5.50. The summed E-state index contributed by atoms with van der Waals surface area (Å²) < 4.78 is 1.59. The van der Waals surface area contributed by atoms with E-state index in [1.807, 2.05) is 19.1 Å². The molecule has 2 heterocycles. The Morgan fingerprint density at radius 1 is 1.11 bits per heavy atom. The molecule has 0 fully saturated rings. The van der Waals surface area contributed by atoms with Crippen molar-refractivity contribution < 1.29 is 0 Å². The van der Waals surface area contributed by atoms with E-state index >= 15 is 0 Å². The van der Waals surface area contributed by atoms with E-state index in [1.54, 1.807) is 16.6 Å². The van der Waals surface area contributed by atoms with Crippen LogP contribution in [0.2, 0.25) is 10.0 Å². The van der Waals surface area contributed by atoms with Crippen LogP contribution in [-0.4, -0.2) is 19.6 Å². The van der Waals surface area contributed by atoms with E-state index < -0.39 is 0 Å². The molecule has 0 atom stereocenters. The largest absolute Gasteiger partial charge is 0.366 e.